The maximum atomic E-state index is 5.71. The fourth-order valence-electron chi connectivity index (χ4n) is 11.9. The van der Waals surface area contributed by atoms with E-state index >= 15 is 0 Å². The SMILES string of the molecule is CC(C)=C(C(=Nc1ccccc1C)c1cccc(-c2c(C(C)(C)C)cc3ccc4cc(C(C)(C)C)cc5ccc2c3c45)c1)C1=C/C=C\Cc2c(cc3ccc4cc(C(C)(C)C)cc5ccc2c3c45)C(C)(C)\C=C\1. The molecule has 0 radical (unpaired) electrons. The molecule has 10 aromatic carbocycles. The van der Waals surface area contributed by atoms with Gasteiger partial charge in [0.05, 0.1) is 11.4 Å². The van der Waals surface area contributed by atoms with E-state index < -0.39 is 0 Å². The zero-order chi connectivity index (χ0) is 51.5. The van der Waals surface area contributed by atoms with Crippen LogP contribution in [0.2, 0.25) is 0 Å². The largest absolute Gasteiger partial charge is 0.247 e. The predicted octanol–water partition coefficient (Wildman–Crippen LogP) is 20.4. The van der Waals surface area contributed by atoms with Gasteiger partial charge < -0.3 is 0 Å². The monoisotopic (exact) mass is 950 g/mol. The number of fused-ring (bicyclic) bond motifs is 2. The lowest BCUT2D eigenvalue weighted by molar-refractivity contribution is 0.591. The molecule has 1 aliphatic carbocycles. The zero-order valence-corrected chi connectivity index (χ0v) is 45.7. The van der Waals surface area contributed by atoms with Gasteiger partial charge in [0, 0.05) is 16.6 Å². The smallest absolute Gasteiger partial charge is 0.0787 e. The normalized spacial score (nSPS) is 16.4. The minimum atomic E-state index is -0.282. The molecule has 1 nitrogen and oxygen atoms in total. The summed E-state index contributed by atoms with van der Waals surface area (Å²) in [5.74, 6) is 0. The number of nitrogens with zero attached hydrogens (tertiary/aromatic N) is 1. The Bertz CT molecular complexity index is 3980. The van der Waals surface area contributed by atoms with Crippen LogP contribution >= 0.6 is 0 Å². The minimum Gasteiger partial charge on any atom is -0.247 e. The number of para-hydroxylation sites is 1. The van der Waals surface area contributed by atoms with Gasteiger partial charge in [-0.3, -0.25) is 0 Å². The molecule has 0 bridgehead atoms. The molecule has 73 heavy (non-hydrogen) atoms. The van der Waals surface area contributed by atoms with Gasteiger partial charge in [-0.05, 0) is 182 Å². The van der Waals surface area contributed by atoms with E-state index in [0.29, 0.717) is 0 Å². The Morgan fingerprint density at radius 3 is 1.67 bits per heavy atom. The molecule has 0 atom stereocenters. The molecule has 0 amide bonds. The van der Waals surface area contributed by atoms with Gasteiger partial charge in [0.2, 0.25) is 0 Å². The number of aliphatic imine (C=N–C) groups is 1. The second-order valence-corrected chi connectivity index (χ2v) is 25.1. The predicted molar refractivity (Wildman–Crippen MR) is 321 cm³/mol. The minimum absolute atomic E-state index is 0.0520. The van der Waals surface area contributed by atoms with E-state index in [1.54, 1.807) is 0 Å². The maximum absolute atomic E-state index is 5.71. The first kappa shape index (κ1) is 48.2. The van der Waals surface area contributed by atoms with Gasteiger partial charge in [0.25, 0.3) is 0 Å². The van der Waals surface area contributed by atoms with Gasteiger partial charge in [0.15, 0.2) is 0 Å². The summed E-state index contributed by atoms with van der Waals surface area (Å²) in [4.78, 5) is 5.71. The molecule has 0 saturated carbocycles. The van der Waals surface area contributed by atoms with Crippen LogP contribution in [0.5, 0.6) is 0 Å². The van der Waals surface area contributed by atoms with E-state index in [2.05, 4.69) is 261 Å². The average molecular weight is 950 g/mol. The molecule has 1 heteroatoms. The van der Waals surface area contributed by atoms with Crippen molar-refractivity contribution in [3.8, 4) is 11.1 Å². The quantitative estimate of drug-likeness (QED) is 0.120. The number of hydrogen-bond acceptors (Lipinski definition) is 1. The van der Waals surface area contributed by atoms with Crippen LogP contribution in [-0.4, -0.2) is 5.71 Å². The molecule has 0 saturated heterocycles. The Morgan fingerprint density at radius 1 is 0.548 bits per heavy atom. The number of benzene rings is 10. The number of rotatable bonds is 5. The first-order valence-electron chi connectivity index (χ1n) is 26.6. The van der Waals surface area contributed by atoms with Gasteiger partial charge in [-0.2, -0.15) is 0 Å². The molecule has 0 fully saturated rings. The van der Waals surface area contributed by atoms with Crippen molar-refractivity contribution in [2.24, 2.45) is 4.99 Å². The first-order chi connectivity index (χ1) is 34.6. The summed E-state index contributed by atoms with van der Waals surface area (Å²) in [6.45, 7) is 32.4. The summed E-state index contributed by atoms with van der Waals surface area (Å²) in [5, 5.41) is 16.0. The van der Waals surface area contributed by atoms with Crippen LogP contribution in [0, 0.1) is 6.92 Å². The third-order valence-corrected chi connectivity index (χ3v) is 16.0. The van der Waals surface area contributed by atoms with Gasteiger partial charge in [-0.1, -0.05) is 221 Å². The molecule has 0 heterocycles. The van der Waals surface area contributed by atoms with E-state index in [1.807, 2.05) is 0 Å². The third kappa shape index (κ3) is 8.40. The molecule has 10 aromatic rings. The van der Waals surface area contributed by atoms with Crippen LogP contribution in [0.1, 0.15) is 129 Å². The van der Waals surface area contributed by atoms with Crippen molar-refractivity contribution < 1.29 is 0 Å². The second-order valence-electron chi connectivity index (χ2n) is 25.1. The highest BCUT2D eigenvalue weighted by Gasteiger charge is 2.28. The summed E-state index contributed by atoms with van der Waals surface area (Å²) in [6, 6.07) is 51.4. The molecule has 1 aliphatic rings. The summed E-state index contributed by atoms with van der Waals surface area (Å²) < 4.78 is 0. The average Bonchev–Trinajstić information content (AvgIpc) is 3.34. The second kappa shape index (κ2) is 17.3. The fraction of sp³-hybridized carbons (Fsp3) is 0.264. The zero-order valence-electron chi connectivity index (χ0n) is 45.7. The topological polar surface area (TPSA) is 12.4 Å². The van der Waals surface area contributed by atoms with Crippen LogP contribution in [0.4, 0.5) is 5.69 Å². The van der Waals surface area contributed by atoms with Gasteiger partial charge in [0.1, 0.15) is 0 Å². The molecule has 364 valence electrons. The molecular weight excluding hydrogens is 879 g/mol. The van der Waals surface area contributed by atoms with E-state index in [4.69, 9.17) is 4.99 Å². The summed E-state index contributed by atoms with van der Waals surface area (Å²) >= 11 is 0. The lowest BCUT2D eigenvalue weighted by Crippen LogP contribution is -2.18. The van der Waals surface area contributed by atoms with Gasteiger partial charge in [-0.15, -0.1) is 0 Å². The van der Waals surface area contributed by atoms with E-state index in [0.717, 1.165) is 40.1 Å². The number of aryl methyl sites for hydroxylation is 1. The molecule has 0 spiro atoms. The summed E-state index contributed by atoms with van der Waals surface area (Å²) in [5.41, 5.74) is 16.8. The van der Waals surface area contributed by atoms with Crippen molar-refractivity contribution in [3.05, 3.63) is 220 Å². The highest BCUT2D eigenvalue weighted by Crippen LogP contribution is 2.47. The fourth-order valence-corrected chi connectivity index (χ4v) is 11.9. The lowest BCUT2D eigenvalue weighted by Gasteiger charge is -2.28. The number of hydrogen-bond donors (Lipinski definition) is 0. The third-order valence-electron chi connectivity index (χ3n) is 16.0. The van der Waals surface area contributed by atoms with Crippen molar-refractivity contribution in [2.45, 2.75) is 125 Å². The summed E-state index contributed by atoms with van der Waals surface area (Å²) in [6.07, 6.45) is 12.6. The maximum Gasteiger partial charge on any atom is 0.0787 e. The van der Waals surface area contributed by atoms with E-state index in [-0.39, 0.29) is 21.7 Å². The first-order valence-corrected chi connectivity index (χ1v) is 26.6. The highest BCUT2D eigenvalue weighted by atomic mass is 14.8. The Balaban J connectivity index is 1.07. The van der Waals surface area contributed by atoms with Crippen LogP contribution in [0.25, 0.3) is 75.8 Å². The van der Waals surface area contributed by atoms with Crippen molar-refractivity contribution in [1.29, 1.82) is 0 Å². The number of allylic oxidation sites excluding steroid dienone is 8. The lowest BCUT2D eigenvalue weighted by atomic mass is 9.76. The van der Waals surface area contributed by atoms with Crippen LogP contribution in [0.3, 0.4) is 0 Å². The van der Waals surface area contributed by atoms with Crippen LogP contribution < -0.4 is 0 Å². The molecule has 0 aromatic heterocycles. The van der Waals surface area contributed by atoms with E-state index in [9.17, 15) is 0 Å². The highest BCUT2D eigenvalue weighted by molar-refractivity contribution is 6.27. The van der Waals surface area contributed by atoms with Crippen molar-refractivity contribution in [2.75, 3.05) is 0 Å². The van der Waals surface area contributed by atoms with Gasteiger partial charge >= 0.3 is 0 Å². The Morgan fingerprint density at radius 2 is 1.10 bits per heavy atom. The van der Waals surface area contributed by atoms with Crippen molar-refractivity contribution in [1.82, 2.24) is 0 Å². The Hall–Kier alpha value is -7.09. The molecule has 0 unspecified atom stereocenters. The van der Waals surface area contributed by atoms with Crippen LogP contribution in [-0.2, 0) is 28.1 Å². The molecular formula is C72H71N. The summed E-state index contributed by atoms with van der Waals surface area (Å²) in [7, 11) is 0. The molecule has 11 rings (SSSR count). The van der Waals surface area contributed by atoms with Crippen molar-refractivity contribution in [3.63, 3.8) is 0 Å². The molecule has 0 aliphatic heterocycles. The Labute approximate surface area is 434 Å². The Kier molecular flexibility index (Phi) is 11.4. The van der Waals surface area contributed by atoms with E-state index in [1.165, 1.54) is 109 Å². The standard InChI is InChI=1S/C72H71N/c1-43(2)62(45-21-16-17-24-56-57-32-30-49-39-54(69(4,5)6)37-47-26-28-51(66(57)63(47)49)41-59(56)72(13,14)35-34-45)68(73-61-25-18-15-20-44(61)3)53-23-19-22-46(36-53)65-58-33-31-50-40-55(70(7,8)9)38-48-27-29-52(67(58)64(48)50)42-60(65)71(10,11)12/h15-23,25-42H,24H2,1-14H3/b17-16-,35-34+,45-21+,73-68?. The molecule has 0 N–H and O–H groups in total. The van der Waals surface area contributed by atoms with Crippen molar-refractivity contribution >= 4 is 76.0 Å². The van der Waals surface area contributed by atoms with Crippen LogP contribution in [0.15, 0.2) is 186 Å². The van der Waals surface area contributed by atoms with Gasteiger partial charge in [-0.25, -0.2) is 4.99 Å².